The van der Waals surface area contributed by atoms with Crippen molar-refractivity contribution in [2.45, 2.75) is 38.3 Å². The van der Waals surface area contributed by atoms with Crippen LogP contribution in [0.15, 0.2) is 24.3 Å². The summed E-state index contributed by atoms with van der Waals surface area (Å²) in [7, 11) is 0. The fourth-order valence-electron chi connectivity index (χ4n) is 4.52. The molecule has 3 heterocycles. The molecule has 4 rings (SSSR count). The lowest BCUT2D eigenvalue weighted by Crippen LogP contribution is -2.52. The highest BCUT2D eigenvalue weighted by Gasteiger charge is 2.69. The summed E-state index contributed by atoms with van der Waals surface area (Å²) in [4.78, 5) is 40.1. The summed E-state index contributed by atoms with van der Waals surface area (Å²) in [6.07, 6.45) is 1.70. The predicted molar refractivity (Wildman–Crippen MR) is 88.0 cm³/mol. The summed E-state index contributed by atoms with van der Waals surface area (Å²) in [6, 6.07) is 7.18. The molecule has 0 bridgehead atoms. The first-order valence-corrected chi connectivity index (χ1v) is 8.56. The summed E-state index contributed by atoms with van der Waals surface area (Å²) >= 11 is 0. The van der Waals surface area contributed by atoms with Gasteiger partial charge in [0, 0.05) is 23.8 Å². The van der Waals surface area contributed by atoms with Gasteiger partial charge in [-0.15, -0.1) is 0 Å². The third-order valence-electron chi connectivity index (χ3n) is 5.60. The molecule has 0 radical (unpaired) electrons. The van der Waals surface area contributed by atoms with Crippen molar-refractivity contribution in [2.24, 2.45) is 11.8 Å². The van der Waals surface area contributed by atoms with Crippen molar-refractivity contribution in [3.63, 3.8) is 0 Å². The van der Waals surface area contributed by atoms with E-state index in [1.54, 1.807) is 0 Å². The van der Waals surface area contributed by atoms with Gasteiger partial charge < -0.3 is 5.32 Å². The topological polar surface area (TPSA) is 78.5 Å². The second kappa shape index (κ2) is 5.14. The largest absolute Gasteiger partial charge is 0.324 e. The maximum Gasteiger partial charge on any atom is 0.250 e. The van der Waals surface area contributed by atoms with Crippen LogP contribution in [-0.4, -0.2) is 35.2 Å². The van der Waals surface area contributed by atoms with Gasteiger partial charge in [0.2, 0.25) is 17.7 Å². The Kier molecular flexibility index (Phi) is 3.28. The molecule has 0 aromatic heterocycles. The number of imide groups is 1. The van der Waals surface area contributed by atoms with Crippen molar-refractivity contribution >= 4 is 23.4 Å². The zero-order valence-electron chi connectivity index (χ0n) is 13.8. The molecule has 1 aromatic rings. The van der Waals surface area contributed by atoms with Crippen LogP contribution in [0.5, 0.6) is 0 Å². The van der Waals surface area contributed by atoms with E-state index in [0.717, 1.165) is 24.1 Å². The van der Waals surface area contributed by atoms with Crippen LogP contribution in [0.2, 0.25) is 0 Å². The van der Waals surface area contributed by atoms with E-state index in [2.05, 4.69) is 10.6 Å². The van der Waals surface area contributed by atoms with E-state index < -0.39 is 17.4 Å². The number of amides is 3. The smallest absolute Gasteiger partial charge is 0.250 e. The minimum atomic E-state index is -1.13. The molecule has 6 nitrogen and oxygen atoms in total. The van der Waals surface area contributed by atoms with Gasteiger partial charge in [-0.2, -0.15) is 0 Å². The molecule has 2 saturated heterocycles. The second-order valence-electron chi connectivity index (χ2n) is 6.93. The zero-order chi connectivity index (χ0) is 17.1. The number of nitrogens with zero attached hydrogens (tertiary/aromatic N) is 1. The molecule has 24 heavy (non-hydrogen) atoms. The van der Waals surface area contributed by atoms with Crippen molar-refractivity contribution < 1.29 is 14.4 Å². The minimum absolute atomic E-state index is 0.146. The molecule has 2 unspecified atom stereocenters. The van der Waals surface area contributed by atoms with Crippen LogP contribution in [0.4, 0.5) is 5.69 Å². The van der Waals surface area contributed by atoms with Gasteiger partial charge >= 0.3 is 0 Å². The first-order chi connectivity index (χ1) is 11.5. The fourth-order valence-corrected chi connectivity index (χ4v) is 4.52. The van der Waals surface area contributed by atoms with E-state index in [1.807, 2.05) is 38.1 Å². The molecule has 6 heteroatoms. The van der Waals surface area contributed by atoms with Crippen LogP contribution in [-0.2, 0) is 19.9 Å². The molecule has 0 saturated carbocycles. The van der Waals surface area contributed by atoms with Gasteiger partial charge in [-0.25, -0.2) is 0 Å². The van der Waals surface area contributed by atoms with Crippen LogP contribution >= 0.6 is 0 Å². The lowest BCUT2D eigenvalue weighted by atomic mass is 9.76. The Labute approximate surface area is 140 Å². The summed E-state index contributed by atoms with van der Waals surface area (Å²) in [6.45, 7) is 4.35. The standard InChI is InChI=1S/C18H21N3O3/c1-3-4-9-21-15(22)13-10(2)20-18(14(13)16(21)23)11-7-5-6-8-12(11)19-17(18)24/h5-8,10,13-14,20H,3-4,9H2,1-2H3,(H,19,24)/t10?,13-,14+,18?/m1/s1. The maximum absolute atomic E-state index is 13.1. The zero-order valence-corrected chi connectivity index (χ0v) is 13.8. The highest BCUT2D eigenvalue weighted by Crippen LogP contribution is 2.52. The molecule has 126 valence electrons. The molecule has 3 aliphatic heterocycles. The van der Waals surface area contributed by atoms with Gasteiger partial charge in [-0.3, -0.25) is 24.6 Å². The monoisotopic (exact) mass is 327 g/mol. The van der Waals surface area contributed by atoms with Crippen molar-refractivity contribution in [3.05, 3.63) is 29.8 Å². The number of hydrogen-bond donors (Lipinski definition) is 2. The molecular formula is C18H21N3O3. The third-order valence-corrected chi connectivity index (χ3v) is 5.60. The number of unbranched alkanes of at least 4 members (excludes halogenated alkanes) is 1. The van der Waals surface area contributed by atoms with Gasteiger partial charge in [-0.1, -0.05) is 31.5 Å². The molecule has 2 N–H and O–H groups in total. The lowest BCUT2D eigenvalue weighted by molar-refractivity contribution is -0.142. The van der Waals surface area contributed by atoms with Crippen molar-refractivity contribution in [3.8, 4) is 0 Å². The number of hydrogen-bond acceptors (Lipinski definition) is 4. The molecule has 1 aromatic carbocycles. The summed E-state index contributed by atoms with van der Waals surface area (Å²) in [5.74, 6) is -1.75. The number of para-hydroxylation sites is 1. The number of anilines is 1. The van der Waals surface area contributed by atoms with Crippen LogP contribution in [0.25, 0.3) is 0 Å². The lowest BCUT2D eigenvalue weighted by Gasteiger charge is -2.29. The second-order valence-corrected chi connectivity index (χ2v) is 6.93. The van der Waals surface area contributed by atoms with E-state index in [1.165, 1.54) is 4.90 Å². The molecule has 3 amide bonds. The van der Waals surface area contributed by atoms with E-state index in [0.29, 0.717) is 6.54 Å². The number of likely N-dealkylation sites (tertiary alicyclic amines) is 1. The number of rotatable bonds is 3. The summed E-state index contributed by atoms with van der Waals surface area (Å²) in [5, 5.41) is 6.17. The minimum Gasteiger partial charge on any atom is -0.324 e. The molecule has 1 spiro atoms. The fraction of sp³-hybridized carbons (Fsp3) is 0.500. The van der Waals surface area contributed by atoms with Crippen molar-refractivity contribution in [1.82, 2.24) is 10.2 Å². The molecule has 3 aliphatic rings. The Balaban J connectivity index is 1.82. The maximum atomic E-state index is 13.1. The van der Waals surface area contributed by atoms with Crippen LogP contribution in [0, 0.1) is 11.8 Å². The highest BCUT2D eigenvalue weighted by molar-refractivity contribution is 6.15. The highest BCUT2D eigenvalue weighted by atomic mass is 16.2. The number of benzene rings is 1. The van der Waals surface area contributed by atoms with E-state index in [-0.39, 0.29) is 23.8 Å². The normalized spacial score (nSPS) is 34.0. The average Bonchev–Trinajstić information content (AvgIpc) is 3.12. The average molecular weight is 327 g/mol. The van der Waals surface area contributed by atoms with Crippen LogP contribution in [0.3, 0.4) is 0 Å². The molecule has 4 atom stereocenters. The van der Waals surface area contributed by atoms with E-state index in [9.17, 15) is 14.4 Å². The van der Waals surface area contributed by atoms with E-state index in [4.69, 9.17) is 0 Å². The molecular weight excluding hydrogens is 306 g/mol. The Morgan fingerprint density at radius 2 is 1.92 bits per heavy atom. The molecule has 0 aliphatic carbocycles. The Morgan fingerprint density at radius 3 is 2.67 bits per heavy atom. The summed E-state index contributed by atoms with van der Waals surface area (Å²) in [5.41, 5.74) is 0.358. The van der Waals surface area contributed by atoms with Crippen molar-refractivity contribution in [2.75, 3.05) is 11.9 Å². The van der Waals surface area contributed by atoms with Gasteiger partial charge in [0.15, 0.2) is 0 Å². The first-order valence-electron chi connectivity index (χ1n) is 8.56. The Bertz CT molecular complexity index is 747. The molecule has 2 fully saturated rings. The Morgan fingerprint density at radius 1 is 1.17 bits per heavy atom. The number of carbonyl (C=O) groups is 3. The van der Waals surface area contributed by atoms with Gasteiger partial charge in [0.1, 0.15) is 5.54 Å². The van der Waals surface area contributed by atoms with Crippen LogP contribution in [0.1, 0.15) is 32.3 Å². The Hall–Kier alpha value is -2.21. The number of nitrogens with one attached hydrogen (secondary N) is 2. The van der Waals surface area contributed by atoms with Gasteiger partial charge in [0.25, 0.3) is 0 Å². The van der Waals surface area contributed by atoms with Gasteiger partial charge in [0.05, 0.1) is 11.8 Å². The SMILES string of the molecule is CCCCN1C(=O)[C@@H]2C(C)NC3(C(=O)Nc4ccccc43)[C@@H]2C1=O. The first kappa shape index (κ1) is 15.3. The van der Waals surface area contributed by atoms with Crippen LogP contribution < -0.4 is 10.6 Å². The van der Waals surface area contributed by atoms with Gasteiger partial charge in [-0.05, 0) is 19.4 Å². The summed E-state index contributed by atoms with van der Waals surface area (Å²) < 4.78 is 0. The third kappa shape index (κ3) is 1.72. The predicted octanol–water partition coefficient (Wildman–Crippen LogP) is 1.23. The number of carbonyl (C=O) groups excluding carboxylic acids is 3. The van der Waals surface area contributed by atoms with Crippen molar-refractivity contribution in [1.29, 1.82) is 0 Å². The number of fused-ring (bicyclic) bond motifs is 4. The quantitative estimate of drug-likeness (QED) is 0.819. The van der Waals surface area contributed by atoms with E-state index >= 15 is 0 Å².